The van der Waals surface area contributed by atoms with Gasteiger partial charge in [-0.3, -0.25) is 9.59 Å². The summed E-state index contributed by atoms with van der Waals surface area (Å²) in [6.07, 6.45) is 8.19. The van der Waals surface area contributed by atoms with Gasteiger partial charge >= 0.3 is 5.97 Å². The summed E-state index contributed by atoms with van der Waals surface area (Å²) in [6, 6.07) is 21.4. The molecule has 11 nitrogen and oxygen atoms in total. The number of nitrogens with zero attached hydrogens (tertiary/aromatic N) is 3. The number of aliphatic carboxylic acids is 1. The number of imidazole rings is 1. The van der Waals surface area contributed by atoms with Crippen LogP contribution in [-0.2, 0) is 37.8 Å². The Hall–Kier alpha value is -4.62. The molecule has 3 N–H and O–H groups in total. The number of carbonyl (C=O) groups is 2. The van der Waals surface area contributed by atoms with Crippen molar-refractivity contribution in [1.82, 2.24) is 14.9 Å². The molecule has 0 saturated heterocycles. The lowest BCUT2D eigenvalue weighted by Gasteiger charge is -2.29. The van der Waals surface area contributed by atoms with Gasteiger partial charge in [0.25, 0.3) is 5.91 Å². The molecule has 0 radical (unpaired) electrons. The Morgan fingerprint density at radius 3 is 2.48 bits per heavy atom. The lowest BCUT2D eigenvalue weighted by atomic mass is 9.96. The molecular formula is C42H53N5O6S. The molecule has 0 bridgehead atoms. The zero-order valence-corrected chi connectivity index (χ0v) is 32.5. The van der Waals surface area contributed by atoms with E-state index in [2.05, 4.69) is 57.1 Å². The van der Waals surface area contributed by atoms with Gasteiger partial charge in [-0.2, -0.15) is 0 Å². The van der Waals surface area contributed by atoms with Crippen molar-refractivity contribution < 1.29 is 28.7 Å². The fourth-order valence-corrected chi connectivity index (χ4v) is 7.49. The normalized spacial score (nSPS) is 14.4. The molecule has 4 aromatic rings. The number of fused-ring (bicyclic) bond motifs is 1. The van der Waals surface area contributed by atoms with E-state index in [1.165, 1.54) is 0 Å². The Labute approximate surface area is 322 Å². The summed E-state index contributed by atoms with van der Waals surface area (Å²) in [5.41, 5.74) is 6.14. The number of ether oxygens (including phenoxy) is 2. The number of benzene rings is 3. The van der Waals surface area contributed by atoms with Crippen molar-refractivity contribution in [2.75, 3.05) is 56.2 Å². The van der Waals surface area contributed by atoms with Crippen LogP contribution in [0.25, 0.3) is 17.2 Å². The molecule has 0 saturated carbocycles. The summed E-state index contributed by atoms with van der Waals surface area (Å²) in [4.78, 5) is 32.2. The molecule has 1 amide bonds. The number of amides is 1. The predicted octanol–water partition coefficient (Wildman–Crippen LogP) is 7.07. The molecule has 1 aliphatic heterocycles. The van der Waals surface area contributed by atoms with E-state index in [1.807, 2.05) is 37.3 Å². The number of carboxylic acids is 1. The van der Waals surface area contributed by atoms with Gasteiger partial charge in [-0.1, -0.05) is 38.5 Å². The Balaban J connectivity index is 1.31. The van der Waals surface area contributed by atoms with Gasteiger partial charge < -0.3 is 39.2 Å². The van der Waals surface area contributed by atoms with Crippen LogP contribution in [0.4, 0.5) is 11.4 Å². The van der Waals surface area contributed by atoms with E-state index in [1.54, 1.807) is 30.5 Å². The maximum atomic E-state index is 13.8. The van der Waals surface area contributed by atoms with Crippen molar-refractivity contribution >= 4 is 40.5 Å². The molecule has 0 fully saturated rings. The standard InChI is InChI=1S/C42H53N5O6S/c1-4-6-23-52-24-25-53-38-14-9-32(10-15-38)33-11-18-40-35(26-33)27-34(8-7-21-46(40)22-19-43-29-41(48)49)42(50)45-36-12-16-39(17-13-36)54(51)30-37-28-44-31(3)47(37)20-5-2/h9-18,26-28,43H,4-8,19-25,29-30H2,1-3H3,(H,45,50)(H,48,49)/b34-27+/t54-/m0/s1. The summed E-state index contributed by atoms with van der Waals surface area (Å²) in [5.74, 6) is 0.994. The smallest absolute Gasteiger partial charge is 0.317 e. The molecule has 3 aromatic carbocycles. The number of rotatable bonds is 20. The van der Waals surface area contributed by atoms with E-state index in [4.69, 9.17) is 14.6 Å². The predicted molar refractivity (Wildman–Crippen MR) is 215 cm³/mol. The van der Waals surface area contributed by atoms with Gasteiger partial charge in [0.1, 0.15) is 18.2 Å². The van der Waals surface area contributed by atoms with Gasteiger partial charge in [-0.05, 0) is 115 Å². The average Bonchev–Trinajstić information content (AvgIpc) is 3.50. The number of carbonyl (C=O) groups excluding carboxylic acids is 1. The second-order valence-corrected chi connectivity index (χ2v) is 14.8. The molecule has 5 rings (SSSR count). The fraction of sp³-hybridized carbons (Fsp3) is 0.405. The minimum Gasteiger partial charge on any atom is -0.611 e. The van der Waals surface area contributed by atoms with Crippen LogP contribution < -0.4 is 20.3 Å². The van der Waals surface area contributed by atoms with Crippen LogP contribution in [0.1, 0.15) is 63.0 Å². The van der Waals surface area contributed by atoms with E-state index in [9.17, 15) is 14.1 Å². The van der Waals surface area contributed by atoms with Crippen LogP contribution in [0.3, 0.4) is 0 Å². The largest absolute Gasteiger partial charge is 0.611 e. The fourth-order valence-electron chi connectivity index (χ4n) is 6.39. The van der Waals surface area contributed by atoms with Crippen molar-refractivity contribution in [3.63, 3.8) is 0 Å². The van der Waals surface area contributed by atoms with Gasteiger partial charge in [0.05, 0.1) is 25.0 Å². The average molecular weight is 756 g/mol. The van der Waals surface area contributed by atoms with E-state index in [0.29, 0.717) is 61.2 Å². The first kappa shape index (κ1) is 40.6. The Morgan fingerprint density at radius 2 is 1.74 bits per heavy atom. The molecular weight excluding hydrogens is 703 g/mol. The highest BCUT2D eigenvalue weighted by Crippen LogP contribution is 2.33. The minimum atomic E-state index is -1.26. The number of nitrogens with one attached hydrogen (secondary N) is 2. The second kappa shape index (κ2) is 20.7. The molecule has 288 valence electrons. The summed E-state index contributed by atoms with van der Waals surface area (Å²) in [6.45, 7) is 10.6. The highest BCUT2D eigenvalue weighted by Gasteiger charge is 2.20. The lowest BCUT2D eigenvalue weighted by Crippen LogP contribution is -2.35. The van der Waals surface area contributed by atoms with E-state index < -0.39 is 17.1 Å². The number of anilines is 2. The summed E-state index contributed by atoms with van der Waals surface area (Å²) in [5, 5.41) is 15.1. The first-order valence-corrected chi connectivity index (χ1v) is 20.2. The lowest BCUT2D eigenvalue weighted by molar-refractivity contribution is -0.135. The van der Waals surface area contributed by atoms with Gasteiger partial charge in [0.2, 0.25) is 0 Å². The molecule has 1 atom stereocenters. The SMILES string of the molecule is CCCCOCCOc1ccc(-c2ccc3c(c2)/C=C(/C(=O)Nc2ccc([S@@+]([O-])Cc4cnc(C)n4CCC)cc2)CCCN3CCNCC(=O)O)cc1. The molecule has 0 spiro atoms. The maximum absolute atomic E-state index is 13.8. The Bertz CT molecular complexity index is 1840. The molecule has 1 aliphatic rings. The van der Waals surface area contributed by atoms with E-state index in [0.717, 1.165) is 78.5 Å². The van der Waals surface area contributed by atoms with Crippen molar-refractivity contribution in [1.29, 1.82) is 0 Å². The summed E-state index contributed by atoms with van der Waals surface area (Å²) < 4.78 is 26.8. The zero-order chi connectivity index (χ0) is 38.3. The molecule has 0 unspecified atom stereocenters. The minimum absolute atomic E-state index is 0.101. The molecule has 54 heavy (non-hydrogen) atoms. The monoisotopic (exact) mass is 755 g/mol. The third-order valence-electron chi connectivity index (χ3n) is 9.26. The third-order valence-corrected chi connectivity index (χ3v) is 10.6. The number of hydrogen-bond acceptors (Lipinski definition) is 8. The molecule has 2 heterocycles. The van der Waals surface area contributed by atoms with Crippen molar-refractivity contribution in [2.24, 2.45) is 0 Å². The quantitative estimate of drug-likeness (QED) is 0.0638. The molecule has 1 aromatic heterocycles. The van der Waals surface area contributed by atoms with Crippen LogP contribution >= 0.6 is 0 Å². The van der Waals surface area contributed by atoms with Gasteiger partial charge in [-0.15, -0.1) is 0 Å². The van der Waals surface area contributed by atoms with Crippen LogP contribution in [-0.4, -0.2) is 77.1 Å². The zero-order valence-electron chi connectivity index (χ0n) is 31.6. The number of carboxylic acid groups (broad SMARTS) is 1. The number of unbranched alkanes of at least 4 members (excludes halogenated alkanes) is 1. The van der Waals surface area contributed by atoms with E-state index in [-0.39, 0.29) is 12.5 Å². The van der Waals surface area contributed by atoms with Crippen molar-refractivity contribution in [3.05, 3.63) is 95.6 Å². The molecule has 12 heteroatoms. The van der Waals surface area contributed by atoms with Crippen LogP contribution in [0.15, 0.2) is 83.4 Å². The van der Waals surface area contributed by atoms with Crippen molar-refractivity contribution in [3.8, 4) is 16.9 Å². The highest BCUT2D eigenvalue weighted by atomic mass is 32.2. The van der Waals surface area contributed by atoms with Crippen LogP contribution in [0.5, 0.6) is 5.75 Å². The van der Waals surface area contributed by atoms with Crippen molar-refractivity contribution in [2.45, 2.75) is 70.1 Å². The summed E-state index contributed by atoms with van der Waals surface area (Å²) >= 11 is -1.26. The number of hydrogen-bond donors (Lipinski definition) is 3. The maximum Gasteiger partial charge on any atom is 0.317 e. The van der Waals surface area contributed by atoms with Gasteiger partial charge in [0.15, 0.2) is 10.6 Å². The van der Waals surface area contributed by atoms with Gasteiger partial charge in [0, 0.05) is 49.7 Å². The topological polar surface area (TPSA) is 141 Å². The first-order valence-electron chi connectivity index (χ1n) is 18.9. The van der Waals surface area contributed by atoms with Crippen LogP contribution in [0.2, 0.25) is 0 Å². The Kier molecular flexibility index (Phi) is 15.6. The van der Waals surface area contributed by atoms with Crippen LogP contribution in [0, 0.1) is 6.92 Å². The van der Waals surface area contributed by atoms with Gasteiger partial charge in [-0.25, -0.2) is 4.98 Å². The first-order chi connectivity index (χ1) is 26.2. The Morgan fingerprint density at radius 1 is 0.963 bits per heavy atom. The highest BCUT2D eigenvalue weighted by molar-refractivity contribution is 7.90. The number of aromatic nitrogens is 2. The summed E-state index contributed by atoms with van der Waals surface area (Å²) in [7, 11) is 0. The number of aryl methyl sites for hydroxylation is 1. The third kappa shape index (κ3) is 11.7. The van der Waals surface area contributed by atoms with E-state index >= 15 is 0 Å². The second-order valence-electron chi connectivity index (χ2n) is 13.4. The molecule has 0 aliphatic carbocycles.